The fourth-order valence-electron chi connectivity index (χ4n) is 1.73. The van der Waals surface area contributed by atoms with Crippen LogP contribution in [0.15, 0.2) is 18.2 Å². The highest BCUT2D eigenvalue weighted by molar-refractivity contribution is 6.01. The van der Waals surface area contributed by atoms with Crippen LogP contribution in [0, 0.1) is 0 Å². The third-order valence-corrected chi connectivity index (χ3v) is 2.60. The molecule has 0 heterocycles. The Morgan fingerprint density at radius 3 is 2.28 bits per heavy atom. The zero-order valence-electron chi connectivity index (χ0n) is 11.2. The van der Waals surface area contributed by atoms with E-state index in [2.05, 4.69) is 0 Å². The van der Waals surface area contributed by atoms with Gasteiger partial charge in [-0.25, -0.2) is 0 Å². The molecule has 0 N–H and O–H groups in total. The summed E-state index contributed by atoms with van der Waals surface area (Å²) < 4.78 is 15.6. The van der Waals surface area contributed by atoms with Crippen LogP contribution in [-0.4, -0.2) is 33.2 Å². The molecular weight excluding hydrogens is 232 g/mol. The van der Waals surface area contributed by atoms with Crippen molar-refractivity contribution in [2.24, 2.45) is 0 Å². The fourth-order valence-corrected chi connectivity index (χ4v) is 1.73. The number of carbonyl (C=O) groups is 1. The molecule has 0 spiro atoms. The lowest BCUT2D eigenvalue weighted by atomic mass is 10.0. The van der Waals surface area contributed by atoms with Gasteiger partial charge in [0.2, 0.25) is 0 Å². The summed E-state index contributed by atoms with van der Waals surface area (Å²) in [6, 6.07) is 5.32. The van der Waals surface area contributed by atoms with Gasteiger partial charge >= 0.3 is 0 Å². The molecule has 1 rings (SSSR count). The average molecular weight is 252 g/mol. The molecule has 18 heavy (non-hydrogen) atoms. The van der Waals surface area contributed by atoms with E-state index in [1.165, 1.54) is 0 Å². The second-order valence-corrected chi connectivity index (χ2v) is 3.76. The molecule has 1 aromatic carbocycles. The number of benzene rings is 1. The maximum atomic E-state index is 12.2. The molecule has 0 atom stereocenters. The van der Waals surface area contributed by atoms with Crippen LogP contribution in [0.1, 0.15) is 30.1 Å². The Hall–Kier alpha value is -1.55. The number of hydrogen-bond acceptors (Lipinski definition) is 4. The molecule has 1 aromatic rings. The van der Waals surface area contributed by atoms with E-state index in [1.807, 2.05) is 6.92 Å². The molecule has 0 amide bonds. The summed E-state index contributed by atoms with van der Waals surface area (Å²) in [5.74, 6) is 1.12. The number of ketones is 1. The summed E-state index contributed by atoms with van der Waals surface area (Å²) in [5, 5.41) is 0. The van der Waals surface area contributed by atoms with Gasteiger partial charge in [-0.2, -0.15) is 0 Å². The third-order valence-electron chi connectivity index (χ3n) is 2.60. The van der Waals surface area contributed by atoms with E-state index in [9.17, 15) is 4.79 Å². The standard InChI is InChI=1S/C14H20O4/c1-4-18-10-6-7-11(15)14-12(16-2)8-5-9-13(14)17-3/h5,8-9H,4,6-7,10H2,1-3H3. The van der Waals surface area contributed by atoms with Crippen molar-refractivity contribution in [2.75, 3.05) is 27.4 Å². The molecule has 0 radical (unpaired) electrons. The molecule has 0 fully saturated rings. The highest BCUT2D eigenvalue weighted by Gasteiger charge is 2.17. The predicted molar refractivity (Wildman–Crippen MR) is 69.6 cm³/mol. The average Bonchev–Trinajstić information content (AvgIpc) is 2.42. The number of Topliss-reactive ketones (excluding diaryl/α,β-unsaturated/α-hetero) is 1. The smallest absolute Gasteiger partial charge is 0.170 e. The molecular formula is C14H20O4. The predicted octanol–water partition coefficient (Wildman–Crippen LogP) is 2.70. The Morgan fingerprint density at radius 2 is 1.78 bits per heavy atom. The second-order valence-electron chi connectivity index (χ2n) is 3.76. The molecule has 0 saturated carbocycles. The van der Waals surface area contributed by atoms with Gasteiger partial charge in [0, 0.05) is 19.6 Å². The lowest BCUT2D eigenvalue weighted by Crippen LogP contribution is -2.06. The highest BCUT2D eigenvalue weighted by atomic mass is 16.5. The fraction of sp³-hybridized carbons (Fsp3) is 0.500. The molecule has 0 saturated heterocycles. The van der Waals surface area contributed by atoms with Crippen molar-refractivity contribution >= 4 is 5.78 Å². The van der Waals surface area contributed by atoms with Crippen molar-refractivity contribution in [2.45, 2.75) is 19.8 Å². The first-order valence-electron chi connectivity index (χ1n) is 6.06. The quantitative estimate of drug-likeness (QED) is 0.527. The Morgan fingerprint density at radius 1 is 1.17 bits per heavy atom. The minimum Gasteiger partial charge on any atom is -0.496 e. The summed E-state index contributed by atoms with van der Waals surface area (Å²) in [5.41, 5.74) is 0.513. The van der Waals surface area contributed by atoms with E-state index < -0.39 is 0 Å². The lowest BCUT2D eigenvalue weighted by molar-refractivity contribution is 0.0941. The second kappa shape index (κ2) is 7.71. The van der Waals surface area contributed by atoms with E-state index >= 15 is 0 Å². The zero-order chi connectivity index (χ0) is 13.4. The van der Waals surface area contributed by atoms with Gasteiger partial charge in [0.25, 0.3) is 0 Å². The zero-order valence-corrected chi connectivity index (χ0v) is 11.2. The highest BCUT2D eigenvalue weighted by Crippen LogP contribution is 2.29. The van der Waals surface area contributed by atoms with E-state index in [1.54, 1.807) is 32.4 Å². The molecule has 0 aliphatic rings. The third kappa shape index (κ3) is 3.74. The maximum Gasteiger partial charge on any atom is 0.170 e. The van der Waals surface area contributed by atoms with Crippen LogP contribution in [0.3, 0.4) is 0 Å². The summed E-state index contributed by atoms with van der Waals surface area (Å²) in [6.07, 6.45) is 1.13. The first kappa shape index (κ1) is 14.5. The van der Waals surface area contributed by atoms with Crippen molar-refractivity contribution in [1.82, 2.24) is 0 Å². The molecule has 0 unspecified atom stereocenters. The Bertz CT molecular complexity index is 365. The first-order valence-corrected chi connectivity index (χ1v) is 6.06. The molecule has 0 aliphatic carbocycles. The number of ether oxygens (including phenoxy) is 3. The van der Waals surface area contributed by atoms with Crippen LogP contribution in [-0.2, 0) is 4.74 Å². The minimum absolute atomic E-state index is 0.0176. The monoisotopic (exact) mass is 252 g/mol. The van der Waals surface area contributed by atoms with E-state index in [4.69, 9.17) is 14.2 Å². The van der Waals surface area contributed by atoms with Gasteiger partial charge in [0.15, 0.2) is 5.78 Å². The Labute approximate surface area is 108 Å². The van der Waals surface area contributed by atoms with Gasteiger partial charge in [0.05, 0.1) is 14.2 Å². The summed E-state index contributed by atoms with van der Waals surface area (Å²) >= 11 is 0. The van der Waals surface area contributed by atoms with Crippen LogP contribution in [0.4, 0.5) is 0 Å². The van der Waals surface area contributed by atoms with Gasteiger partial charge in [-0.15, -0.1) is 0 Å². The number of methoxy groups -OCH3 is 2. The topological polar surface area (TPSA) is 44.8 Å². The first-order chi connectivity index (χ1) is 8.74. The molecule has 0 aromatic heterocycles. The molecule has 0 aliphatic heterocycles. The molecule has 100 valence electrons. The normalized spacial score (nSPS) is 10.2. The summed E-state index contributed by atoms with van der Waals surface area (Å²) in [4.78, 5) is 12.2. The van der Waals surface area contributed by atoms with Crippen LogP contribution in [0.25, 0.3) is 0 Å². The van der Waals surface area contributed by atoms with Crippen molar-refractivity contribution in [1.29, 1.82) is 0 Å². The van der Waals surface area contributed by atoms with Crippen molar-refractivity contribution in [3.63, 3.8) is 0 Å². The number of hydrogen-bond donors (Lipinski definition) is 0. The Kier molecular flexibility index (Phi) is 6.22. The minimum atomic E-state index is 0.0176. The molecule has 0 bridgehead atoms. The van der Waals surface area contributed by atoms with E-state index in [0.717, 1.165) is 0 Å². The Balaban J connectivity index is 2.76. The van der Waals surface area contributed by atoms with E-state index in [-0.39, 0.29) is 5.78 Å². The van der Waals surface area contributed by atoms with Gasteiger partial charge < -0.3 is 14.2 Å². The van der Waals surface area contributed by atoms with Crippen molar-refractivity contribution < 1.29 is 19.0 Å². The van der Waals surface area contributed by atoms with Gasteiger partial charge in [-0.1, -0.05) is 6.07 Å². The maximum absolute atomic E-state index is 12.2. The molecule has 4 heteroatoms. The van der Waals surface area contributed by atoms with Crippen molar-refractivity contribution in [3.8, 4) is 11.5 Å². The summed E-state index contributed by atoms with van der Waals surface area (Å²) in [6.45, 7) is 3.21. The van der Waals surface area contributed by atoms with Crippen LogP contribution >= 0.6 is 0 Å². The lowest BCUT2D eigenvalue weighted by Gasteiger charge is -2.11. The van der Waals surface area contributed by atoms with Gasteiger partial charge in [-0.3, -0.25) is 4.79 Å². The van der Waals surface area contributed by atoms with Crippen LogP contribution in [0.5, 0.6) is 11.5 Å². The summed E-state index contributed by atoms with van der Waals surface area (Å²) in [7, 11) is 3.09. The van der Waals surface area contributed by atoms with Gasteiger partial charge in [-0.05, 0) is 25.5 Å². The van der Waals surface area contributed by atoms with Crippen LogP contribution < -0.4 is 9.47 Å². The van der Waals surface area contributed by atoms with Crippen molar-refractivity contribution in [3.05, 3.63) is 23.8 Å². The van der Waals surface area contributed by atoms with Gasteiger partial charge in [0.1, 0.15) is 17.1 Å². The van der Waals surface area contributed by atoms with E-state index in [0.29, 0.717) is 43.1 Å². The molecule has 4 nitrogen and oxygen atoms in total. The van der Waals surface area contributed by atoms with Crippen LogP contribution in [0.2, 0.25) is 0 Å². The largest absolute Gasteiger partial charge is 0.496 e. The number of carbonyl (C=O) groups excluding carboxylic acids is 1. The SMILES string of the molecule is CCOCCCC(=O)c1c(OC)cccc1OC. The number of rotatable bonds is 8.